The van der Waals surface area contributed by atoms with Crippen molar-refractivity contribution in [2.75, 3.05) is 14.2 Å². The molecular formula is C22H15N7O5. The fraction of sp³-hybridized carbons (Fsp3) is 0.0909. The van der Waals surface area contributed by atoms with E-state index in [-0.39, 0.29) is 34.1 Å². The number of esters is 2. The van der Waals surface area contributed by atoms with Gasteiger partial charge in [-0.25, -0.2) is 19.6 Å². The van der Waals surface area contributed by atoms with Crippen molar-refractivity contribution < 1.29 is 24.2 Å². The van der Waals surface area contributed by atoms with Gasteiger partial charge in [-0.2, -0.15) is 15.0 Å². The molecule has 2 heterocycles. The SMILES string of the molecule is COC(=O)c1ccc2c(N=Nc3c(C#N)cnn3-c3ncccn3)c(O)c(C(=O)OC)cc2c1. The number of carbonyl (C=O) groups excluding carboxylic acids is 2. The highest BCUT2D eigenvalue weighted by Crippen LogP contribution is 2.40. The summed E-state index contributed by atoms with van der Waals surface area (Å²) in [4.78, 5) is 32.4. The van der Waals surface area contributed by atoms with Gasteiger partial charge in [-0.3, -0.25) is 0 Å². The van der Waals surface area contributed by atoms with E-state index < -0.39 is 17.7 Å². The number of aromatic hydroxyl groups is 1. The van der Waals surface area contributed by atoms with Crippen molar-refractivity contribution in [3.05, 3.63) is 65.6 Å². The van der Waals surface area contributed by atoms with Crippen molar-refractivity contribution in [1.82, 2.24) is 19.7 Å². The van der Waals surface area contributed by atoms with Gasteiger partial charge < -0.3 is 14.6 Å². The number of methoxy groups -OCH3 is 2. The quantitative estimate of drug-likeness (QED) is 0.349. The van der Waals surface area contributed by atoms with E-state index in [1.807, 2.05) is 6.07 Å². The smallest absolute Gasteiger partial charge is 0.341 e. The van der Waals surface area contributed by atoms with Crippen LogP contribution < -0.4 is 0 Å². The minimum Gasteiger partial charge on any atom is -0.505 e. The summed E-state index contributed by atoms with van der Waals surface area (Å²) in [6.45, 7) is 0. The second kappa shape index (κ2) is 9.13. The molecule has 0 aliphatic carbocycles. The Hall–Kier alpha value is -5.18. The Morgan fingerprint density at radius 2 is 1.82 bits per heavy atom. The van der Waals surface area contributed by atoms with Crippen LogP contribution in [0.3, 0.4) is 0 Å². The van der Waals surface area contributed by atoms with E-state index in [4.69, 9.17) is 9.47 Å². The Kier molecular flexibility index (Phi) is 5.91. The molecule has 34 heavy (non-hydrogen) atoms. The van der Waals surface area contributed by atoms with E-state index in [1.54, 1.807) is 6.07 Å². The number of benzene rings is 2. The zero-order valence-electron chi connectivity index (χ0n) is 17.8. The number of azo groups is 1. The van der Waals surface area contributed by atoms with Gasteiger partial charge >= 0.3 is 11.9 Å². The molecule has 168 valence electrons. The zero-order chi connectivity index (χ0) is 24.2. The van der Waals surface area contributed by atoms with Crippen LogP contribution in [0.1, 0.15) is 26.3 Å². The van der Waals surface area contributed by atoms with Crippen molar-refractivity contribution in [3.63, 3.8) is 0 Å². The molecule has 0 spiro atoms. The Morgan fingerprint density at radius 3 is 2.50 bits per heavy atom. The van der Waals surface area contributed by atoms with Gasteiger partial charge in [-0.1, -0.05) is 6.07 Å². The molecule has 4 aromatic rings. The van der Waals surface area contributed by atoms with Crippen molar-refractivity contribution in [3.8, 4) is 17.8 Å². The van der Waals surface area contributed by atoms with Gasteiger partial charge in [-0.15, -0.1) is 10.2 Å². The average Bonchev–Trinajstić information content (AvgIpc) is 3.30. The highest BCUT2D eigenvalue weighted by atomic mass is 16.5. The standard InChI is InChI=1S/C22H15N7O5/c1-33-20(31)12-4-5-15-13(8-12)9-16(21(32)34-2)18(30)17(15)27-28-19-14(10-23)11-26-29(19)22-24-6-3-7-25-22/h3-9,11,30H,1-2H3. The topological polar surface area (TPSA) is 165 Å². The molecule has 1 N–H and O–H groups in total. The number of ether oxygens (including phenoxy) is 2. The molecule has 0 atom stereocenters. The average molecular weight is 457 g/mol. The number of phenolic OH excluding ortho intramolecular Hbond substituents is 1. The number of hydrogen-bond donors (Lipinski definition) is 1. The van der Waals surface area contributed by atoms with Gasteiger partial charge in [0.05, 0.1) is 26.0 Å². The predicted octanol–water partition coefficient (Wildman–Crippen LogP) is 3.38. The van der Waals surface area contributed by atoms with Crippen LogP contribution in [0.2, 0.25) is 0 Å². The molecular weight excluding hydrogens is 442 g/mol. The number of carbonyl (C=O) groups is 2. The minimum absolute atomic E-state index is 0.0101. The van der Waals surface area contributed by atoms with Crippen LogP contribution in [0.15, 0.2) is 59.2 Å². The first-order valence-corrected chi connectivity index (χ1v) is 9.62. The Labute approximate surface area is 191 Å². The van der Waals surface area contributed by atoms with Crippen LogP contribution >= 0.6 is 0 Å². The summed E-state index contributed by atoms with van der Waals surface area (Å²) in [5.74, 6) is -1.73. The number of hydrogen-bond acceptors (Lipinski definition) is 11. The van der Waals surface area contributed by atoms with Crippen LogP contribution in [0.4, 0.5) is 11.5 Å². The summed E-state index contributed by atoms with van der Waals surface area (Å²) < 4.78 is 10.7. The first-order chi connectivity index (χ1) is 16.5. The lowest BCUT2D eigenvalue weighted by molar-refractivity contribution is 0.0590. The molecule has 0 fully saturated rings. The van der Waals surface area contributed by atoms with Gasteiger partial charge in [0.25, 0.3) is 5.95 Å². The lowest BCUT2D eigenvalue weighted by Crippen LogP contribution is -2.03. The van der Waals surface area contributed by atoms with E-state index in [0.717, 1.165) is 7.11 Å². The maximum atomic E-state index is 12.3. The van der Waals surface area contributed by atoms with E-state index in [9.17, 15) is 20.0 Å². The number of phenols is 1. The second-order valence-corrected chi connectivity index (χ2v) is 6.69. The van der Waals surface area contributed by atoms with Crippen molar-refractivity contribution in [2.45, 2.75) is 0 Å². The molecule has 0 saturated carbocycles. The molecule has 2 aromatic heterocycles. The third kappa shape index (κ3) is 3.89. The molecule has 12 heteroatoms. The minimum atomic E-state index is -0.820. The van der Waals surface area contributed by atoms with Crippen LogP contribution in [-0.4, -0.2) is 51.0 Å². The first kappa shape index (κ1) is 22.0. The molecule has 0 radical (unpaired) electrons. The van der Waals surface area contributed by atoms with Gasteiger partial charge in [0.2, 0.25) is 0 Å². The number of nitrogens with zero attached hydrogens (tertiary/aromatic N) is 7. The fourth-order valence-corrected chi connectivity index (χ4v) is 3.15. The van der Waals surface area contributed by atoms with E-state index >= 15 is 0 Å². The summed E-state index contributed by atoms with van der Waals surface area (Å²) >= 11 is 0. The summed E-state index contributed by atoms with van der Waals surface area (Å²) in [5.41, 5.74) is 0.0360. The highest BCUT2D eigenvalue weighted by molar-refractivity contribution is 6.06. The molecule has 0 aliphatic heterocycles. The van der Waals surface area contributed by atoms with Gasteiger partial charge in [0, 0.05) is 17.8 Å². The Bertz CT molecular complexity index is 1490. The van der Waals surface area contributed by atoms with Crippen molar-refractivity contribution in [2.24, 2.45) is 10.2 Å². The molecule has 0 aliphatic rings. The van der Waals surface area contributed by atoms with Crippen LogP contribution in [0.5, 0.6) is 5.75 Å². The summed E-state index contributed by atoms with van der Waals surface area (Å²) in [6.07, 6.45) is 4.26. The van der Waals surface area contributed by atoms with Crippen LogP contribution in [0, 0.1) is 11.3 Å². The van der Waals surface area contributed by atoms with Gasteiger partial charge in [-0.05, 0) is 29.7 Å². The van der Waals surface area contributed by atoms with E-state index in [2.05, 4.69) is 25.3 Å². The number of rotatable bonds is 5. The first-order valence-electron chi connectivity index (χ1n) is 9.62. The maximum Gasteiger partial charge on any atom is 0.341 e. The molecule has 12 nitrogen and oxygen atoms in total. The van der Waals surface area contributed by atoms with E-state index in [0.29, 0.717) is 10.8 Å². The Balaban J connectivity index is 1.92. The number of fused-ring (bicyclic) bond motifs is 1. The summed E-state index contributed by atoms with van der Waals surface area (Å²) in [5, 5.41) is 33.4. The third-order valence-corrected chi connectivity index (χ3v) is 4.76. The lowest BCUT2D eigenvalue weighted by Gasteiger charge is -2.10. The largest absolute Gasteiger partial charge is 0.505 e. The molecule has 2 aromatic carbocycles. The maximum absolute atomic E-state index is 12.3. The molecule has 0 amide bonds. The van der Waals surface area contributed by atoms with Crippen molar-refractivity contribution in [1.29, 1.82) is 5.26 Å². The second-order valence-electron chi connectivity index (χ2n) is 6.69. The fourth-order valence-electron chi connectivity index (χ4n) is 3.15. The number of nitriles is 1. The lowest BCUT2D eigenvalue weighted by atomic mass is 10.0. The van der Waals surface area contributed by atoms with Gasteiger partial charge in [0.15, 0.2) is 11.6 Å². The highest BCUT2D eigenvalue weighted by Gasteiger charge is 2.21. The molecule has 0 saturated heterocycles. The predicted molar refractivity (Wildman–Crippen MR) is 116 cm³/mol. The number of aromatic nitrogens is 4. The van der Waals surface area contributed by atoms with Gasteiger partial charge in [0.1, 0.15) is 22.9 Å². The van der Waals surface area contributed by atoms with Crippen molar-refractivity contribution >= 4 is 34.2 Å². The summed E-state index contributed by atoms with van der Waals surface area (Å²) in [7, 11) is 2.41. The molecule has 0 unspecified atom stereocenters. The summed E-state index contributed by atoms with van der Waals surface area (Å²) in [6, 6.07) is 9.43. The van der Waals surface area contributed by atoms with E-state index in [1.165, 1.54) is 54.6 Å². The third-order valence-electron chi connectivity index (χ3n) is 4.76. The van der Waals surface area contributed by atoms with Crippen LogP contribution in [0.25, 0.3) is 16.7 Å². The zero-order valence-corrected chi connectivity index (χ0v) is 17.8. The normalized spacial score (nSPS) is 10.9. The van der Waals surface area contributed by atoms with Crippen LogP contribution in [-0.2, 0) is 9.47 Å². The molecule has 4 rings (SSSR count). The Morgan fingerprint density at radius 1 is 1.09 bits per heavy atom. The molecule has 0 bridgehead atoms. The monoisotopic (exact) mass is 457 g/mol.